The molecule has 0 saturated carbocycles. The fraction of sp³-hybridized carbons (Fsp3) is 0.308. The van der Waals surface area contributed by atoms with Crippen LogP contribution >= 0.6 is 0 Å². The Bertz CT molecular complexity index is 1090. The number of aromatic hydroxyl groups is 1. The predicted molar refractivity (Wildman–Crippen MR) is 124 cm³/mol. The van der Waals surface area contributed by atoms with Gasteiger partial charge in [0.25, 0.3) is 0 Å². The number of phenols is 1. The minimum atomic E-state index is -0.696. The van der Waals surface area contributed by atoms with E-state index < -0.39 is 24.3 Å². The Kier molecular flexibility index (Phi) is 7.74. The summed E-state index contributed by atoms with van der Waals surface area (Å²) in [5.74, 6) is -0.645. The molecule has 1 aliphatic carbocycles. The van der Waals surface area contributed by atoms with Gasteiger partial charge in [-0.15, -0.1) is 0 Å². The van der Waals surface area contributed by atoms with Gasteiger partial charge in [-0.2, -0.15) is 0 Å². The van der Waals surface area contributed by atoms with Gasteiger partial charge in [-0.25, -0.2) is 4.79 Å². The first-order valence-corrected chi connectivity index (χ1v) is 11.1. The Hall–Kier alpha value is -3.46. The third-order valence-electron chi connectivity index (χ3n) is 5.75. The largest absolute Gasteiger partial charge is 0.508 e. The van der Waals surface area contributed by atoms with E-state index in [4.69, 9.17) is 19.3 Å². The lowest BCUT2D eigenvalue weighted by molar-refractivity contribution is -0.118. The van der Waals surface area contributed by atoms with E-state index in [1.807, 2.05) is 36.4 Å². The molecule has 2 aliphatic rings. The Morgan fingerprint density at radius 1 is 1.12 bits per heavy atom. The van der Waals surface area contributed by atoms with Crippen molar-refractivity contribution in [2.75, 3.05) is 19.9 Å². The molecule has 0 spiro atoms. The zero-order chi connectivity index (χ0) is 23.9. The van der Waals surface area contributed by atoms with Crippen LogP contribution in [-0.4, -0.2) is 60.3 Å². The number of esters is 1. The molecule has 8 nitrogen and oxygen atoms in total. The number of rotatable bonds is 8. The average Bonchev–Trinajstić information content (AvgIpc) is 3.33. The van der Waals surface area contributed by atoms with Gasteiger partial charge < -0.3 is 29.7 Å². The molecule has 1 heterocycles. The van der Waals surface area contributed by atoms with E-state index in [1.165, 1.54) is 0 Å². The van der Waals surface area contributed by atoms with Crippen molar-refractivity contribution in [3.05, 3.63) is 82.9 Å². The Labute approximate surface area is 197 Å². The van der Waals surface area contributed by atoms with E-state index in [0.717, 1.165) is 5.56 Å². The number of carbonyl (C=O) groups excluding carboxylic acids is 2. The lowest BCUT2D eigenvalue weighted by atomic mass is 9.91. The third kappa shape index (κ3) is 5.53. The van der Waals surface area contributed by atoms with Crippen LogP contribution in [0.3, 0.4) is 0 Å². The molecule has 3 unspecified atom stereocenters. The van der Waals surface area contributed by atoms with Crippen molar-refractivity contribution < 1.29 is 34.0 Å². The van der Waals surface area contributed by atoms with Gasteiger partial charge >= 0.3 is 5.97 Å². The predicted octanol–water partition coefficient (Wildman–Crippen LogP) is 2.35. The van der Waals surface area contributed by atoms with Gasteiger partial charge in [-0.05, 0) is 35.8 Å². The molecule has 0 bridgehead atoms. The van der Waals surface area contributed by atoms with Gasteiger partial charge in [0.05, 0.1) is 12.2 Å². The maximum absolute atomic E-state index is 13.1. The lowest BCUT2D eigenvalue weighted by Crippen LogP contribution is -2.43. The molecular formula is C26H27NO7. The molecule has 0 aromatic heterocycles. The number of hydrogen-bond donors (Lipinski definition) is 3. The summed E-state index contributed by atoms with van der Waals surface area (Å²) in [6, 6.07) is 14.2. The van der Waals surface area contributed by atoms with Crippen molar-refractivity contribution in [2.45, 2.75) is 31.2 Å². The molecule has 1 fully saturated rings. The topological polar surface area (TPSA) is 114 Å². The molecule has 34 heavy (non-hydrogen) atoms. The van der Waals surface area contributed by atoms with Crippen LogP contribution in [0.5, 0.6) is 5.75 Å². The number of amides is 1. The van der Waals surface area contributed by atoms with Gasteiger partial charge in [-0.1, -0.05) is 48.6 Å². The van der Waals surface area contributed by atoms with Crippen molar-refractivity contribution in [1.29, 1.82) is 0 Å². The highest BCUT2D eigenvalue weighted by Crippen LogP contribution is 2.31. The molecule has 0 radical (unpaired) electrons. The van der Waals surface area contributed by atoms with Crippen LogP contribution in [0.4, 0.5) is 0 Å². The van der Waals surface area contributed by atoms with Crippen molar-refractivity contribution in [3.8, 4) is 5.75 Å². The van der Waals surface area contributed by atoms with Crippen molar-refractivity contribution in [3.63, 3.8) is 0 Å². The first-order chi connectivity index (χ1) is 16.6. The summed E-state index contributed by atoms with van der Waals surface area (Å²) in [4.78, 5) is 25.5. The van der Waals surface area contributed by atoms with E-state index in [1.54, 1.807) is 30.3 Å². The highest BCUT2D eigenvalue weighted by molar-refractivity contribution is 5.95. The lowest BCUT2D eigenvalue weighted by Gasteiger charge is -2.30. The Morgan fingerprint density at radius 2 is 1.91 bits per heavy atom. The number of aliphatic hydroxyl groups excluding tert-OH is 1. The van der Waals surface area contributed by atoms with Gasteiger partial charge in [0.2, 0.25) is 5.91 Å². The maximum atomic E-state index is 13.1. The molecule has 3 atom stereocenters. The molecule has 1 aliphatic heterocycles. The number of fused-ring (bicyclic) bond motifs is 1. The zero-order valence-electron chi connectivity index (χ0n) is 18.6. The van der Waals surface area contributed by atoms with Crippen LogP contribution in [0.15, 0.2) is 66.3 Å². The molecule has 8 heteroatoms. The summed E-state index contributed by atoms with van der Waals surface area (Å²) in [5.41, 5.74) is 2.26. The second-order valence-corrected chi connectivity index (χ2v) is 8.02. The summed E-state index contributed by atoms with van der Waals surface area (Å²) >= 11 is 0. The quantitative estimate of drug-likeness (QED) is 0.513. The second-order valence-electron chi connectivity index (χ2n) is 8.02. The van der Waals surface area contributed by atoms with Crippen molar-refractivity contribution >= 4 is 18.0 Å². The van der Waals surface area contributed by atoms with E-state index in [0.29, 0.717) is 23.1 Å². The number of phenolic OH excluding ortho intramolecular Hbond substituents is 1. The van der Waals surface area contributed by atoms with Crippen LogP contribution < -0.4 is 5.32 Å². The number of benzene rings is 2. The third-order valence-corrected chi connectivity index (χ3v) is 5.75. The number of allylic oxidation sites excluding steroid dienone is 1. The highest BCUT2D eigenvalue weighted by atomic mass is 16.7. The number of carbonyl (C=O) groups is 2. The molecule has 1 amide bonds. The van der Waals surface area contributed by atoms with Crippen LogP contribution in [0, 0.1) is 0 Å². The van der Waals surface area contributed by atoms with E-state index in [2.05, 4.69) is 5.32 Å². The normalized spacial score (nSPS) is 21.7. The molecule has 1 saturated heterocycles. The van der Waals surface area contributed by atoms with Crippen molar-refractivity contribution in [1.82, 2.24) is 5.32 Å². The van der Waals surface area contributed by atoms with Gasteiger partial charge in [-0.3, -0.25) is 4.79 Å². The standard InChI is InChI=1S/C26H27NO7/c28-13-12-27-25(30)19-14-22-24(33-16-32-22)23(15-19)34-26(31)20-10-3-1-6-17(20)8-5-9-18-7-2-4-11-21(18)29/h1-8,10-11,14,22-24,28-29H,9,12-13,15-16H2,(H,27,30). The molecule has 3 N–H and O–H groups in total. The summed E-state index contributed by atoms with van der Waals surface area (Å²) in [6.45, 7) is 0.0148. The highest BCUT2D eigenvalue weighted by Gasteiger charge is 2.42. The fourth-order valence-electron chi connectivity index (χ4n) is 4.03. The minimum absolute atomic E-state index is 0.0527. The van der Waals surface area contributed by atoms with Gasteiger partial charge in [0.1, 0.15) is 30.9 Å². The summed E-state index contributed by atoms with van der Waals surface area (Å²) < 4.78 is 17.0. The first-order valence-electron chi connectivity index (χ1n) is 11.1. The number of nitrogens with one attached hydrogen (secondary N) is 1. The number of aliphatic hydroxyl groups is 1. The van der Waals surface area contributed by atoms with E-state index in [9.17, 15) is 14.7 Å². The van der Waals surface area contributed by atoms with Crippen LogP contribution in [0.25, 0.3) is 6.08 Å². The Balaban J connectivity index is 1.47. The van der Waals surface area contributed by atoms with Crippen LogP contribution in [0.1, 0.15) is 27.9 Å². The molecule has 2 aromatic rings. The SMILES string of the molecule is O=C(NCCO)C1=CC2OCOC2C(OC(=O)c2ccccc2C=CCc2ccccc2O)C1. The first kappa shape index (κ1) is 23.7. The van der Waals surface area contributed by atoms with Crippen LogP contribution in [0.2, 0.25) is 0 Å². The monoisotopic (exact) mass is 465 g/mol. The average molecular weight is 466 g/mol. The summed E-state index contributed by atoms with van der Waals surface area (Å²) in [6.07, 6.45) is 4.37. The van der Waals surface area contributed by atoms with E-state index in [-0.39, 0.29) is 38.0 Å². The molecule has 178 valence electrons. The van der Waals surface area contributed by atoms with Crippen molar-refractivity contribution in [2.24, 2.45) is 0 Å². The van der Waals surface area contributed by atoms with Gasteiger partial charge in [0.15, 0.2) is 0 Å². The maximum Gasteiger partial charge on any atom is 0.339 e. The molecule has 2 aromatic carbocycles. The fourth-order valence-corrected chi connectivity index (χ4v) is 4.03. The second kappa shape index (κ2) is 11.1. The summed E-state index contributed by atoms with van der Waals surface area (Å²) in [5, 5.41) is 21.5. The smallest absolute Gasteiger partial charge is 0.339 e. The van der Waals surface area contributed by atoms with E-state index >= 15 is 0 Å². The Morgan fingerprint density at radius 3 is 2.74 bits per heavy atom. The zero-order valence-corrected chi connectivity index (χ0v) is 18.6. The number of para-hydroxylation sites is 1. The molecular weight excluding hydrogens is 438 g/mol. The van der Waals surface area contributed by atoms with Gasteiger partial charge in [0, 0.05) is 18.5 Å². The number of ether oxygens (including phenoxy) is 3. The summed E-state index contributed by atoms with van der Waals surface area (Å²) in [7, 11) is 0. The minimum Gasteiger partial charge on any atom is -0.508 e. The van der Waals surface area contributed by atoms with Crippen LogP contribution in [-0.2, 0) is 25.4 Å². The number of hydrogen-bond acceptors (Lipinski definition) is 7. The molecule has 4 rings (SSSR count).